The molecule has 0 aliphatic heterocycles. The molecular weight excluding hydrogens is 176 g/mol. The quantitative estimate of drug-likeness (QED) is 0.319. The van der Waals surface area contributed by atoms with Gasteiger partial charge in [0.15, 0.2) is 0 Å². The summed E-state index contributed by atoms with van der Waals surface area (Å²) in [4.78, 5) is 11.8. The van der Waals surface area contributed by atoms with Crippen molar-refractivity contribution >= 4 is 5.91 Å². The van der Waals surface area contributed by atoms with E-state index in [1.165, 1.54) is 10.6 Å². The zero-order chi connectivity index (χ0) is 11.1. The largest absolute Gasteiger partial charge is 0.277 e. The lowest BCUT2D eigenvalue weighted by Gasteiger charge is -2.18. The molecule has 82 valence electrons. The molecule has 0 spiro atoms. The molecule has 0 atom stereocenters. The van der Waals surface area contributed by atoms with Gasteiger partial charge in [0.25, 0.3) is 5.91 Å². The van der Waals surface area contributed by atoms with E-state index in [9.17, 15) is 4.79 Å². The molecule has 0 fully saturated rings. The van der Waals surface area contributed by atoms with Crippen molar-refractivity contribution in [1.29, 1.82) is 0 Å². The van der Waals surface area contributed by atoms with Gasteiger partial charge in [-0.2, -0.15) is 0 Å². The van der Waals surface area contributed by atoms with E-state index in [4.69, 9.17) is 5.84 Å². The second kappa shape index (κ2) is 6.60. The van der Waals surface area contributed by atoms with E-state index < -0.39 is 0 Å². The highest BCUT2D eigenvalue weighted by molar-refractivity contribution is 5.93. The van der Waals surface area contributed by atoms with Crippen LogP contribution in [0, 0.1) is 0 Å². The van der Waals surface area contributed by atoms with Gasteiger partial charge in [-0.15, -0.1) is 0 Å². The number of carbonyl (C=O) groups excluding carboxylic acids is 1. The minimum atomic E-state index is -0.0197. The Morgan fingerprint density at radius 2 is 1.57 bits per heavy atom. The minimum absolute atomic E-state index is 0.0197. The summed E-state index contributed by atoms with van der Waals surface area (Å²) < 4.78 is 0. The summed E-state index contributed by atoms with van der Waals surface area (Å²) in [5.41, 5.74) is 2.11. The first-order valence-corrected chi connectivity index (χ1v) is 5.39. The predicted molar refractivity (Wildman–Crippen MR) is 59.5 cm³/mol. The standard InChI is InChI=1S/C11H22N2O/c1-5-9(6-2)10(7-3)11(14)13(12)8-4/h5-8,12H2,1-4H3. The molecule has 0 aromatic carbocycles. The van der Waals surface area contributed by atoms with Gasteiger partial charge in [0, 0.05) is 12.1 Å². The Morgan fingerprint density at radius 1 is 1.07 bits per heavy atom. The van der Waals surface area contributed by atoms with Crippen molar-refractivity contribution in [2.75, 3.05) is 6.54 Å². The lowest BCUT2D eigenvalue weighted by atomic mass is 10.0. The number of hydrogen-bond donors (Lipinski definition) is 1. The SMILES string of the molecule is CCC(CC)=C(CC)C(=O)N(N)CC. The summed E-state index contributed by atoms with van der Waals surface area (Å²) >= 11 is 0. The van der Waals surface area contributed by atoms with Crippen LogP contribution >= 0.6 is 0 Å². The fraction of sp³-hybridized carbons (Fsp3) is 0.727. The number of nitrogens with two attached hydrogens (primary N) is 1. The Kier molecular flexibility index (Phi) is 6.21. The van der Waals surface area contributed by atoms with Crippen LogP contribution in [0.1, 0.15) is 47.0 Å². The molecule has 0 saturated carbocycles. The fourth-order valence-corrected chi connectivity index (χ4v) is 1.55. The predicted octanol–water partition coefficient (Wildman–Crippen LogP) is 2.24. The molecule has 0 aliphatic carbocycles. The van der Waals surface area contributed by atoms with Crippen molar-refractivity contribution in [2.45, 2.75) is 47.0 Å². The summed E-state index contributed by atoms with van der Waals surface area (Å²) in [5.74, 6) is 5.57. The maximum absolute atomic E-state index is 11.8. The van der Waals surface area contributed by atoms with Gasteiger partial charge in [0.1, 0.15) is 0 Å². The highest BCUT2D eigenvalue weighted by atomic mass is 16.2. The summed E-state index contributed by atoms with van der Waals surface area (Å²) in [6, 6.07) is 0. The molecule has 0 radical (unpaired) electrons. The molecule has 3 nitrogen and oxygen atoms in total. The normalized spacial score (nSPS) is 9.79. The van der Waals surface area contributed by atoms with E-state index in [0.29, 0.717) is 6.54 Å². The van der Waals surface area contributed by atoms with Crippen molar-refractivity contribution < 1.29 is 4.79 Å². The van der Waals surface area contributed by atoms with E-state index in [1.54, 1.807) is 0 Å². The fourth-order valence-electron chi connectivity index (χ4n) is 1.55. The van der Waals surface area contributed by atoms with Gasteiger partial charge in [-0.25, -0.2) is 5.84 Å². The molecule has 0 aromatic heterocycles. The third-order valence-electron chi connectivity index (χ3n) is 2.49. The Labute approximate surface area is 86.9 Å². The summed E-state index contributed by atoms with van der Waals surface area (Å²) in [6.45, 7) is 8.59. The van der Waals surface area contributed by atoms with E-state index in [-0.39, 0.29) is 5.91 Å². The van der Waals surface area contributed by atoms with Crippen LogP contribution in [0.15, 0.2) is 11.1 Å². The Balaban J connectivity index is 4.86. The lowest BCUT2D eigenvalue weighted by molar-refractivity contribution is -0.127. The number of hydrazine groups is 1. The molecule has 0 aliphatic rings. The van der Waals surface area contributed by atoms with Gasteiger partial charge in [0.2, 0.25) is 0 Å². The van der Waals surface area contributed by atoms with Crippen LogP contribution in [0.3, 0.4) is 0 Å². The molecule has 2 N–H and O–H groups in total. The second-order valence-electron chi connectivity index (χ2n) is 3.23. The van der Waals surface area contributed by atoms with Crippen molar-refractivity contribution in [3.63, 3.8) is 0 Å². The van der Waals surface area contributed by atoms with Crippen molar-refractivity contribution in [1.82, 2.24) is 5.01 Å². The number of likely N-dealkylation sites (N-methyl/N-ethyl adjacent to an activating group) is 1. The van der Waals surface area contributed by atoms with Crippen LogP contribution in [-0.2, 0) is 4.79 Å². The topological polar surface area (TPSA) is 46.3 Å². The monoisotopic (exact) mass is 198 g/mol. The average molecular weight is 198 g/mol. The molecule has 0 aromatic rings. The molecule has 14 heavy (non-hydrogen) atoms. The zero-order valence-electron chi connectivity index (χ0n) is 9.76. The molecule has 3 heteroatoms. The summed E-state index contributed by atoms with van der Waals surface area (Å²) in [7, 11) is 0. The Morgan fingerprint density at radius 3 is 1.86 bits per heavy atom. The van der Waals surface area contributed by atoms with Crippen LogP contribution in [0.25, 0.3) is 0 Å². The Hall–Kier alpha value is -0.830. The zero-order valence-corrected chi connectivity index (χ0v) is 9.76. The first-order valence-electron chi connectivity index (χ1n) is 5.39. The molecular formula is C11H22N2O. The highest BCUT2D eigenvalue weighted by Crippen LogP contribution is 2.17. The average Bonchev–Trinajstić information content (AvgIpc) is 2.23. The Bertz CT molecular complexity index is 215. The molecule has 0 heterocycles. The van der Waals surface area contributed by atoms with E-state index in [1.807, 2.05) is 13.8 Å². The van der Waals surface area contributed by atoms with E-state index in [0.717, 1.165) is 24.8 Å². The third kappa shape index (κ3) is 3.14. The van der Waals surface area contributed by atoms with Gasteiger partial charge in [-0.05, 0) is 26.2 Å². The van der Waals surface area contributed by atoms with Crippen LogP contribution in [0.5, 0.6) is 0 Å². The number of carbonyl (C=O) groups is 1. The molecule has 0 rings (SSSR count). The van der Waals surface area contributed by atoms with Crippen molar-refractivity contribution in [2.24, 2.45) is 5.84 Å². The van der Waals surface area contributed by atoms with Crippen molar-refractivity contribution in [3.8, 4) is 0 Å². The maximum atomic E-state index is 11.8. The first-order chi connectivity index (χ1) is 6.62. The molecule has 0 unspecified atom stereocenters. The highest BCUT2D eigenvalue weighted by Gasteiger charge is 2.15. The van der Waals surface area contributed by atoms with Crippen LogP contribution < -0.4 is 5.84 Å². The minimum Gasteiger partial charge on any atom is -0.277 e. The van der Waals surface area contributed by atoms with Gasteiger partial charge < -0.3 is 0 Å². The molecule has 0 bridgehead atoms. The lowest BCUT2D eigenvalue weighted by Crippen LogP contribution is -2.38. The number of amides is 1. The molecule has 1 amide bonds. The van der Waals surface area contributed by atoms with Gasteiger partial charge in [-0.1, -0.05) is 26.3 Å². The van der Waals surface area contributed by atoms with Crippen LogP contribution in [-0.4, -0.2) is 17.5 Å². The summed E-state index contributed by atoms with van der Waals surface area (Å²) in [5, 5.41) is 1.28. The number of hydrogen-bond acceptors (Lipinski definition) is 2. The maximum Gasteiger partial charge on any atom is 0.263 e. The van der Waals surface area contributed by atoms with Gasteiger partial charge in [0.05, 0.1) is 0 Å². The van der Waals surface area contributed by atoms with E-state index in [2.05, 4.69) is 13.8 Å². The summed E-state index contributed by atoms with van der Waals surface area (Å²) in [6.07, 6.45) is 2.63. The number of rotatable bonds is 5. The van der Waals surface area contributed by atoms with Crippen LogP contribution in [0.2, 0.25) is 0 Å². The number of nitrogens with zero attached hydrogens (tertiary/aromatic N) is 1. The number of allylic oxidation sites excluding steroid dienone is 1. The third-order valence-corrected chi connectivity index (χ3v) is 2.49. The smallest absolute Gasteiger partial charge is 0.263 e. The van der Waals surface area contributed by atoms with E-state index >= 15 is 0 Å². The van der Waals surface area contributed by atoms with Gasteiger partial charge in [-0.3, -0.25) is 9.80 Å². The van der Waals surface area contributed by atoms with Gasteiger partial charge >= 0.3 is 0 Å². The first kappa shape index (κ1) is 13.2. The van der Waals surface area contributed by atoms with Crippen LogP contribution in [0.4, 0.5) is 0 Å². The second-order valence-corrected chi connectivity index (χ2v) is 3.23. The molecule has 0 saturated heterocycles. The van der Waals surface area contributed by atoms with Crippen molar-refractivity contribution in [3.05, 3.63) is 11.1 Å².